The molecule has 1 aromatic carbocycles. The average Bonchev–Trinajstić information content (AvgIpc) is 3.25. The van der Waals surface area contributed by atoms with Crippen LogP contribution in [0.4, 0.5) is 0 Å². The molecule has 3 heterocycles. The molecule has 1 saturated heterocycles. The molecule has 3 aromatic rings. The first-order valence-electron chi connectivity index (χ1n) is 9.73. The fraction of sp³-hybridized carbons (Fsp3) is 0.429. The van der Waals surface area contributed by atoms with Crippen LogP contribution >= 0.6 is 11.3 Å². The van der Waals surface area contributed by atoms with Gasteiger partial charge in [0.2, 0.25) is 0 Å². The Morgan fingerprint density at radius 2 is 1.96 bits per heavy atom. The number of aryl methyl sites for hydroxylation is 1. The van der Waals surface area contributed by atoms with Crippen molar-refractivity contribution < 1.29 is 4.79 Å². The molecular weight excluding hydrogens is 356 g/mol. The molecule has 5 nitrogen and oxygen atoms in total. The molecule has 0 N–H and O–H groups in total. The normalized spacial score (nSPS) is 18.3. The first-order chi connectivity index (χ1) is 13.2. The van der Waals surface area contributed by atoms with E-state index in [4.69, 9.17) is 4.98 Å². The lowest BCUT2D eigenvalue weighted by atomic mass is 10.1. The molecule has 5 rings (SSSR count). The van der Waals surface area contributed by atoms with E-state index in [1.807, 2.05) is 33.0 Å². The van der Waals surface area contributed by atoms with Crippen molar-refractivity contribution in [1.29, 1.82) is 0 Å². The molecule has 6 heteroatoms. The van der Waals surface area contributed by atoms with Crippen molar-refractivity contribution in [3.63, 3.8) is 0 Å². The van der Waals surface area contributed by atoms with E-state index in [0.717, 1.165) is 54.0 Å². The van der Waals surface area contributed by atoms with Gasteiger partial charge >= 0.3 is 0 Å². The minimum Gasteiger partial charge on any atom is -0.335 e. The van der Waals surface area contributed by atoms with Gasteiger partial charge in [-0.05, 0) is 31.2 Å². The van der Waals surface area contributed by atoms with E-state index in [2.05, 4.69) is 24.0 Å². The zero-order valence-electron chi connectivity index (χ0n) is 15.6. The van der Waals surface area contributed by atoms with Crippen molar-refractivity contribution >= 4 is 22.2 Å². The summed E-state index contributed by atoms with van der Waals surface area (Å²) < 4.78 is 1.96. The molecule has 1 saturated carbocycles. The highest BCUT2D eigenvalue weighted by molar-refractivity contribution is 7.15. The van der Waals surface area contributed by atoms with Crippen molar-refractivity contribution in [3.8, 4) is 11.3 Å². The number of aromatic nitrogens is 2. The molecule has 0 spiro atoms. The molecule has 2 fully saturated rings. The van der Waals surface area contributed by atoms with Gasteiger partial charge in [-0.25, -0.2) is 4.98 Å². The number of imidazole rings is 1. The van der Waals surface area contributed by atoms with Crippen molar-refractivity contribution in [2.45, 2.75) is 19.8 Å². The molecule has 140 valence electrons. The lowest BCUT2D eigenvalue weighted by Crippen LogP contribution is -2.49. The van der Waals surface area contributed by atoms with Gasteiger partial charge in [0.1, 0.15) is 5.69 Å². The fourth-order valence-corrected chi connectivity index (χ4v) is 4.74. The van der Waals surface area contributed by atoms with Crippen LogP contribution in [0.1, 0.15) is 28.9 Å². The molecule has 1 amide bonds. The number of benzene rings is 1. The summed E-state index contributed by atoms with van der Waals surface area (Å²) in [6.45, 7) is 6.94. The minimum absolute atomic E-state index is 0.126. The average molecular weight is 381 g/mol. The van der Waals surface area contributed by atoms with Crippen molar-refractivity contribution in [2.75, 3.05) is 32.7 Å². The number of fused-ring (bicyclic) bond motifs is 1. The molecule has 0 bridgehead atoms. The Balaban J connectivity index is 1.35. The Bertz CT molecular complexity index is 979. The Morgan fingerprint density at radius 1 is 1.19 bits per heavy atom. The van der Waals surface area contributed by atoms with E-state index in [1.165, 1.54) is 36.3 Å². The van der Waals surface area contributed by atoms with Gasteiger partial charge < -0.3 is 4.90 Å². The summed E-state index contributed by atoms with van der Waals surface area (Å²) in [5, 5.41) is 1.95. The largest absolute Gasteiger partial charge is 0.335 e. The summed E-state index contributed by atoms with van der Waals surface area (Å²) in [5.41, 5.74) is 3.99. The summed E-state index contributed by atoms with van der Waals surface area (Å²) in [6.07, 6.45) is 4.77. The van der Waals surface area contributed by atoms with Crippen LogP contribution in [0.5, 0.6) is 0 Å². The van der Waals surface area contributed by atoms with Gasteiger partial charge in [-0.2, -0.15) is 0 Å². The molecule has 0 unspecified atom stereocenters. The van der Waals surface area contributed by atoms with Crippen LogP contribution in [-0.4, -0.2) is 57.8 Å². The number of thiazole rings is 1. The highest BCUT2D eigenvalue weighted by atomic mass is 32.1. The zero-order chi connectivity index (χ0) is 18.4. The zero-order valence-corrected chi connectivity index (χ0v) is 16.4. The Hall–Kier alpha value is -2.18. The quantitative estimate of drug-likeness (QED) is 0.695. The maximum atomic E-state index is 13.1. The van der Waals surface area contributed by atoms with E-state index in [0.29, 0.717) is 0 Å². The summed E-state index contributed by atoms with van der Waals surface area (Å²) in [5.74, 6) is 1.04. The maximum Gasteiger partial charge on any atom is 0.271 e. The van der Waals surface area contributed by atoms with Crippen LogP contribution in [0, 0.1) is 12.8 Å². The number of piperazine rings is 1. The lowest BCUT2D eigenvalue weighted by molar-refractivity contribution is 0.0625. The predicted molar refractivity (Wildman–Crippen MR) is 108 cm³/mol. The van der Waals surface area contributed by atoms with Crippen molar-refractivity contribution in [3.05, 3.63) is 47.1 Å². The predicted octanol–water partition coefficient (Wildman–Crippen LogP) is 3.54. The van der Waals surface area contributed by atoms with Crippen molar-refractivity contribution in [1.82, 2.24) is 19.2 Å². The van der Waals surface area contributed by atoms with Crippen LogP contribution < -0.4 is 0 Å². The third kappa shape index (κ3) is 3.28. The third-order valence-electron chi connectivity index (χ3n) is 5.72. The number of hydrogen-bond donors (Lipinski definition) is 0. The summed E-state index contributed by atoms with van der Waals surface area (Å²) in [7, 11) is 0. The lowest BCUT2D eigenvalue weighted by Gasteiger charge is -2.34. The number of nitrogens with zero attached hydrogens (tertiary/aromatic N) is 4. The smallest absolute Gasteiger partial charge is 0.271 e. The second-order valence-electron chi connectivity index (χ2n) is 7.75. The molecule has 27 heavy (non-hydrogen) atoms. The number of hydrogen-bond acceptors (Lipinski definition) is 4. The van der Waals surface area contributed by atoms with Crippen LogP contribution in [0.15, 0.2) is 35.8 Å². The van der Waals surface area contributed by atoms with Crippen LogP contribution in [-0.2, 0) is 0 Å². The maximum absolute atomic E-state index is 13.1. The van der Waals surface area contributed by atoms with E-state index in [1.54, 1.807) is 0 Å². The van der Waals surface area contributed by atoms with Crippen LogP contribution in [0.3, 0.4) is 0 Å². The number of rotatable bonds is 4. The third-order valence-corrected chi connectivity index (χ3v) is 6.56. The van der Waals surface area contributed by atoms with Gasteiger partial charge in [0.05, 0.1) is 5.69 Å². The molecule has 0 atom stereocenters. The van der Waals surface area contributed by atoms with E-state index >= 15 is 0 Å². The SMILES string of the molecule is Cc1ccccc1-c1cn2c(C(=O)N3CCN(CC4CC4)CC3)csc2n1. The second-order valence-corrected chi connectivity index (χ2v) is 8.59. The number of carbonyl (C=O) groups is 1. The van der Waals surface area contributed by atoms with Gasteiger partial charge in [0.15, 0.2) is 4.96 Å². The monoisotopic (exact) mass is 380 g/mol. The Labute approximate surface area is 163 Å². The van der Waals surface area contributed by atoms with Crippen LogP contribution in [0.2, 0.25) is 0 Å². The number of carbonyl (C=O) groups excluding carboxylic acids is 1. The summed E-state index contributed by atoms with van der Waals surface area (Å²) >= 11 is 1.54. The van der Waals surface area contributed by atoms with E-state index in [-0.39, 0.29) is 5.91 Å². The van der Waals surface area contributed by atoms with Gasteiger partial charge in [-0.3, -0.25) is 14.1 Å². The van der Waals surface area contributed by atoms with Crippen molar-refractivity contribution in [2.24, 2.45) is 5.92 Å². The standard InChI is InChI=1S/C21H24N4OS/c1-15-4-2-3-5-17(15)18-13-25-19(14-27-21(25)22-18)20(26)24-10-8-23(9-11-24)12-16-6-7-16/h2-5,13-14,16H,6-12H2,1H3. The second kappa shape index (κ2) is 6.77. The summed E-state index contributed by atoms with van der Waals surface area (Å²) in [6, 6.07) is 8.25. The number of amides is 1. The summed E-state index contributed by atoms with van der Waals surface area (Å²) in [4.78, 5) is 23.2. The molecule has 1 aliphatic carbocycles. The van der Waals surface area contributed by atoms with Crippen LogP contribution in [0.25, 0.3) is 16.2 Å². The molecular formula is C21H24N4OS. The van der Waals surface area contributed by atoms with E-state index < -0.39 is 0 Å². The van der Waals surface area contributed by atoms with Gasteiger partial charge in [-0.15, -0.1) is 11.3 Å². The first-order valence-corrected chi connectivity index (χ1v) is 10.6. The topological polar surface area (TPSA) is 40.9 Å². The van der Waals surface area contributed by atoms with E-state index in [9.17, 15) is 4.79 Å². The molecule has 1 aliphatic heterocycles. The highest BCUT2D eigenvalue weighted by Crippen LogP contribution is 2.30. The highest BCUT2D eigenvalue weighted by Gasteiger charge is 2.29. The van der Waals surface area contributed by atoms with Gasteiger partial charge in [0.25, 0.3) is 5.91 Å². The Morgan fingerprint density at radius 3 is 2.70 bits per heavy atom. The first kappa shape index (κ1) is 17.0. The van der Waals surface area contributed by atoms with Gasteiger partial charge in [0, 0.05) is 49.9 Å². The Kier molecular flexibility index (Phi) is 4.25. The molecule has 2 aromatic heterocycles. The van der Waals surface area contributed by atoms with Gasteiger partial charge in [-0.1, -0.05) is 24.3 Å². The fourth-order valence-electron chi connectivity index (χ4n) is 3.89. The minimum atomic E-state index is 0.126. The molecule has 2 aliphatic rings. The molecule has 0 radical (unpaired) electrons.